The number of nitrogens with one attached hydrogen (secondary N) is 1. The number of aryl methyl sites for hydroxylation is 1. The number of rotatable bonds is 5. The van der Waals surface area contributed by atoms with Gasteiger partial charge >= 0.3 is 5.69 Å². The van der Waals surface area contributed by atoms with E-state index in [1.54, 1.807) is 10.8 Å². The van der Waals surface area contributed by atoms with Gasteiger partial charge in [0.2, 0.25) is 5.82 Å². The second-order valence-corrected chi connectivity index (χ2v) is 8.83. The molecule has 0 amide bonds. The lowest BCUT2D eigenvalue weighted by Crippen LogP contribution is -2.15. The molecule has 1 aliphatic carbocycles. The van der Waals surface area contributed by atoms with Crippen LogP contribution in [-0.2, 0) is 0 Å². The molecule has 166 valence electrons. The molecule has 9 nitrogen and oxygen atoms in total. The third-order valence-corrected chi connectivity index (χ3v) is 6.07. The highest BCUT2D eigenvalue weighted by Gasteiger charge is 2.28. The Morgan fingerprint density at radius 1 is 1.15 bits per heavy atom. The number of hydrogen-bond donors (Lipinski definition) is 1. The van der Waals surface area contributed by atoms with E-state index in [0.29, 0.717) is 17.6 Å². The van der Waals surface area contributed by atoms with E-state index in [1.807, 2.05) is 42.1 Å². The van der Waals surface area contributed by atoms with Crippen molar-refractivity contribution >= 4 is 11.0 Å². The SMILES string of the molecule is Cc1c[nH]c(=O)n1-c1ccc(-c2noc(-c3cc(C4CC4)nc4c3cnn4C(C)C)n2)cc1. The average Bonchev–Trinajstić information content (AvgIpc) is 3.23. The van der Waals surface area contributed by atoms with Crippen LogP contribution in [0.4, 0.5) is 0 Å². The van der Waals surface area contributed by atoms with Crippen LogP contribution in [0.25, 0.3) is 39.6 Å². The van der Waals surface area contributed by atoms with E-state index in [4.69, 9.17) is 9.51 Å². The molecule has 6 rings (SSSR count). The Morgan fingerprint density at radius 3 is 2.61 bits per heavy atom. The van der Waals surface area contributed by atoms with E-state index in [9.17, 15) is 4.79 Å². The van der Waals surface area contributed by atoms with Crippen molar-refractivity contribution in [3.05, 3.63) is 64.6 Å². The lowest BCUT2D eigenvalue weighted by Gasteiger charge is -2.08. The van der Waals surface area contributed by atoms with Crippen LogP contribution in [0.15, 0.2) is 52.0 Å². The summed E-state index contributed by atoms with van der Waals surface area (Å²) in [4.78, 5) is 24.3. The van der Waals surface area contributed by atoms with Gasteiger partial charge in [-0.1, -0.05) is 5.16 Å². The minimum Gasteiger partial charge on any atom is -0.334 e. The average molecular weight is 441 g/mol. The zero-order chi connectivity index (χ0) is 22.7. The first kappa shape index (κ1) is 19.7. The fourth-order valence-electron chi connectivity index (χ4n) is 4.17. The second kappa shape index (κ2) is 7.26. The predicted octanol–water partition coefficient (Wildman–Crippen LogP) is 4.39. The molecule has 1 fully saturated rings. The summed E-state index contributed by atoms with van der Waals surface area (Å²) in [6, 6.07) is 9.78. The summed E-state index contributed by atoms with van der Waals surface area (Å²) < 4.78 is 9.24. The molecule has 1 N–H and O–H groups in total. The molecule has 0 radical (unpaired) electrons. The normalized spacial score (nSPS) is 13.9. The summed E-state index contributed by atoms with van der Waals surface area (Å²) in [6.07, 6.45) is 5.82. The van der Waals surface area contributed by atoms with E-state index in [2.05, 4.69) is 40.1 Å². The Morgan fingerprint density at radius 2 is 1.94 bits per heavy atom. The van der Waals surface area contributed by atoms with Crippen LogP contribution in [0.1, 0.15) is 50.0 Å². The highest BCUT2D eigenvalue weighted by Crippen LogP contribution is 2.42. The fraction of sp³-hybridized carbons (Fsp3) is 0.292. The van der Waals surface area contributed by atoms with Crippen molar-refractivity contribution in [1.82, 2.24) is 34.5 Å². The largest absolute Gasteiger partial charge is 0.334 e. The topological polar surface area (TPSA) is 107 Å². The maximum absolute atomic E-state index is 12.0. The summed E-state index contributed by atoms with van der Waals surface area (Å²) in [5.41, 5.74) is 5.01. The molecule has 1 aliphatic rings. The van der Waals surface area contributed by atoms with Crippen LogP contribution < -0.4 is 5.69 Å². The number of aromatic nitrogens is 7. The predicted molar refractivity (Wildman–Crippen MR) is 123 cm³/mol. The number of imidazole rings is 1. The molecule has 0 spiro atoms. The summed E-state index contributed by atoms with van der Waals surface area (Å²) in [5, 5.41) is 9.67. The molecule has 1 saturated carbocycles. The van der Waals surface area contributed by atoms with E-state index < -0.39 is 0 Å². The number of benzene rings is 1. The highest BCUT2D eigenvalue weighted by molar-refractivity contribution is 5.90. The van der Waals surface area contributed by atoms with E-state index in [-0.39, 0.29) is 11.7 Å². The summed E-state index contributed by atoms with van der Waals surface area (Å²) in [5.74, 6) is 1.42. The zero-order valence-corrected chi connectivity index (χ0v) is 18.6. The van der Waals surface area contributed by atoms with Gasteiger partial charge in [-0.05, 0) is 63.9 Å². The van der Waals surface area contributed by atoms with Gasteiger partial charge in [0.25, 0.3) is 5.89 Å². The minimum atomic E-state index is -0.169. The lowest BCUT2D eigenvalue weighted by atomic mass is 10.1. The first-order valence-corrected chi connectivity index (χ1v) is 11.1. The maximum atomic E-state index is 12.0. The lowest BCUT2D eigenvalue weighted by molar-refractivity contribution is 0.432. The zero-order valence-electron chi connectivity index (χ0n) is 18.6. The van der Waals surface area contributed by atoms with E-state index in [1.165, 1.54) is 0 Å². The second-order valence-electron chi connectivity index (χ2n) is 8.83. The van der Waals surface area contributed by atoms with Crippen molar-refractivity contribution in [2.45, 2.75) is 45.6 Å². The number of aromatic amines is 1. The Hall–Kier alpha value is -4.01. The van der Waals surface area contributed by atoms with Gasteiger partial charge in [-0.25, -0.2) is 14.5 Å². The number of nitrogens with zero attached hydrogens (tertiary/aromatic N) is 6. The van der Waals surface area contributed by atoms with Gasteiger partial charge < -0.3 is 9.51 Å². The van der Waals surface area contributed by atoms with Crippen molar-refractivity contribution in [3.8, 4) is 28.5 Å². The smallest absolute Gasteiger partial charge is 0.330 e. The Kier molecular flexibility index (Phi) is 4.33. The first-order valence-electron chi connectivity index (χ1n) is 11.1. The van der Waals surface area contributed by atoms with Crippen molar-refractivity contribution < 1.29 is 4.52 Å². The Bertz CT molecular complexity index is 1530. The summed E-state index contributed by atoms with van der Waals surface area (Å²) in [6.45, 7) is 6.06. The molecule has 5 aromatic rings. The van der Waals surface area contributed by atoms with Crippen molar-refractivity contribution in [1.29, 1.82) is 0 Å². The molecule has 0 atom stereocenters. The summed E-state index contributed by atoms with van der Waals surface area (Å²) >= 11 is 0. The van der Waals surface area contributed by atoms with Crippen LogP contribution in [-0.4, -0.2) is 34.5 Å². The Labute approximate surface area is 189 Å². The van der Waals surface area contributed by atoms with Gasteiger partial charge in [-0.3, -0.25) is 4.57 Å². The quantitative estimate of drug-likeness (QED) is 0.433. The molecular weight excluding hydrogens is 418 g/mol. The molecule has 33 heavy (non-hydrogen) atoms. The van der Waals surface area contributed by atoms with Gasteiger partial charge in [0, 0.05) is 35.1 Å². The molecule has 0 bridgehead atoms. The number of fused-ring (bicyclic) bond motifs is 1. The van der Waals surface area contributed by atoms with Crippen LogP contribution in [0.3, 0.4) is 0 Å². The molecule has 4 heterocycles. The minimum absolute atomic E-state index is 0.169. The van der Waals surface area contributed by atoms with Crippen molar-refractivity contribution in [2.75, 3.05) is 0 Å². The van der Waals surface area contributed by atoms with Crippen LogP contribution in [0.5, 0.6) is 0 Å². The van der Waals surface area contributed by atoms with E-state index >= 15 is 0 Å². The fourth-order valence-corrected chi connectivity index (χ4v) is 4.17. The van der Waals surface area contributed by atoms with Gasteiger partial charge in [0.15, 0.2) is 5.65 Å². The molecule has 0 aliphatic heterocycles. The molecule has 0 unspecified atom stereocenters. The van der Waals surface area contributed by atoms with Crippen LogP contribution in [0, 0.1) is 6.92 Å². The van der Waals surface area contributed by atoms with Gasteiger partial charge in [-0.15, -0.1) is 0 Å². The summed E-state index contributed by atoms with van der Waals surface area (Å²) in [7, 11) is 0. The highest BCUT2D eigenvalue weighted by atomic mass is 16.5. The number of hydrogen-bond acceptors (Lipinski definition) is 6. The standard InChI is InChI=1S/C24H23N7O2/c1-13(2)31-22-19(12-26-31)18(10-20(27-22)15-4-5-15)23-28-21(29-33-23)16-6-8-17(9-7-16)30-14(3)11-25-24(30)32/h6-13,15H,4-5H2,1-3H3,(H,25,32). The third kappa shape index (κ3) is 3.27. The monoisotopic (exact) mass is 441 g/mol. The van der Waals surface area contributed by atoms with Crippen LogP contribution >= 0.6 is 0 Å². The molecule has 9 heteroatoms. The molecule has 1 aromatic carbocycles. The molecule has 4 aromatic heterocycles. The number of pyridine rings is 1. The molecular formula is C24H23N7O2. The van der Waals surface area contributed by atoms with Gasteiger partial charge in [0.05, 0.1) is 22.8 Å². The molecule has 0 saturated heterocycles. The Balaban J connectivity index is 1.40. The van der Waals surface area contributed by atoms with Gasteiger partial charge in [-0.2, -0.15) is 10.1 Å². The van der Waals surface area contributed by atoms with Gasteiger partial charge in [0.1, 0.15) is 0 Å². The van der Waals surface area contributed by atoms with Crippen molar-refractivity contribution in [3.63, 3.8) is 0 Å². The maximum Gasteiger partial charge on any atom is 0.330 e. The first-order chi connectivity index (χ1) is 16.0. The van der Waals surface area contributed by atoms with Crippen LogP contribution in [0.2, 0.25) is 0 Å². The third-order valence-electron chi connectivity index (χ3n) is 6.07. The van der Waals surface area contributed by atoms with Crippen molar-refractivity contribution in [2.24, 2.45) is 0 Å². The number of H-pyrrole nitrogens is 1. The van der Waals surface area contributed by atoms with E-state index in [0.717, 1.165) is 52.1 Å².